The van der Waals surface area contributed by atoms with Gasteiger partial charge in [-0.15, -0.1) is 0 Å². The maximum atomic E-state index is 6.06. The van der Waals surface area contributed by atoms with Crippen molar-refractivity contribution in [1.82, 2.24) is 10.3 Å². The van der Waals surface area contributed by atoms with E-state index in [1.54, 1.807) is 6.20 Å². The molecule has 1 aromatic rings. The van der Waals surface area contributed by atoms with Crippen molar-refractivity contribution in [2.75, 3.05) is 6.54 Å². The predicted molar refractivity (Wildman–Crippen MR) is 64.9 cm³/mol. The molecule has 2 rings (SSSR count). The van der Waals surface area contributed by atoms with Gasteiger partial charge in [-0.05, 0) is 31.4 Å². The molecule has 16 heavy (non-hydrogen) atoms. The van der Waals surface area contributed by atoms with Crippen molar-refractivity contribution in [3.8, 4) is 5.88 Å². The van der Waals surface area contributed by atoms with Gasteiger partial charge in [-0.3, -0.25) is 0 Å². The molecule has 1 heterocycles. The van der Waals surface area contributed by atoms with Gasteiger partial charge in [0.15, 0.2) is 0 Å². The average Bonchev–Trinajstić information content (AvgIpc) is 2.23. The van der Waals surface area contributed by atoms with Crippen LogP contribution in [0, 0.1) is 0 Å². The minimum absolute atomic E-state index is 0.362. The first-order valence-electron chi connectivity index (χ1n) is 5.81. The highest BCUT2D eigenvalue weighted by Crippen LogP contribution is 2.26. The molecule has 0 bridgehead atoms. The first-order chi connectivity index (χ1) is 7.79. The lowest BCUT2D eigenvalue weighted by Gasteiger charge is -2.25. The molecule has 4 heteroatoms. The van der Waals surface area contributed by atoms with Crippen molar-refractivity contribution < 1.29 is 4.74 Å². The molecule has 1 aromatic heterocycles. The van der Waals surface area contributed by atoms with Crippen LogP contribution < -0.4 is 10.1 Å². The van der Waals surface area contributed by atoms with E-state index in [2.05, 4.69) is 17.2 Å². The van der Waals surface area contributed by atoms with Gasteiger partial charge in [0.1, 0.15) is 6.10 Å². The molecule has 0 spiro atoms. The summed E-state index contributed by atoms with van der Waals surface area (Å²) in [5.41, 5.74) is 1.05. The second-order valence-electron chi connectivity index (χ2n) is 4.07. The van der Waals surface area contributed by atoms with Crippen LogP contribution in [0.2, 0.25) is 5.02 Å². The summed E-state index contributed by atoms with van der Waals surface area (Å²) >= 11 is 6.06. The largest absolute Gasteiger partial charge is 0.474 e. The van der Waals surface area contributed by atoms with Gasteiger partial charge in [0, 0.05) is 18.8 Å². The predicted octanol–water partition coefficient (Wildman–Crippen LogP) is 2.78. The quantitative estimate of drug-likeness (QED) is 0.860. The summed E-state index contributed by atoms with van der Waals surface area (Å²) in [4.78, 5) is 4.19. The summed E-state index contributed by atoms with van der Waals surface area (Å²) in [5.74, 6) is 0.696. The van der Waals surface area contributed by atoms with E-state index in [9.17, 15) is 0 Å². The summed E-state index contributed by atoms with van der Waals surface area (Å²) in [6.45, 7) is 3.76. The highest BCUT2D eigenvalue weighted by Gasteiger charge is 2.19. The number of pyridine rings is 1. The van der Waals surface area contributed by atoms with Gasteiger partial charge in [0.05, 0.1) is 5.02 Å². The van der Waals surface area contributed by atoms with Crippen molar-refractivity contribution in [2.24, 2.45) is 0 Å². The van der Waals surface area contributed by atoms with Gasteiger partial charge >= 0.3 is 0 Å². The van der Waals surface area contributed by atoms with Crippen LogP contribution in [-0.4, -0.2) is 17.6 Å². The average molecular weight is 241 g/mol. The molecule has 0 aromatic carbocycles. The second-order valence-corrected chi connectivity index (χ2v) is 4.47. The number of halogens is 1. The van der Waals surface area contributed by atoms with Crippen molar-refractivity contribution in [1.29, 1.82) is 0 Å². The van der Waals surface area contributed by atoms with E-state index in [1.807, 2.05) is 6.07 Å². The molecule has 1 aliphatic carbocycles. The highest BCUT2D eigenvalue weighted by molar-refractivity contribution is 6.31. The topological polar surface area (TPSA) is 34.1 Å². The van der Waals surface area contributed by atoms with Crippen LogP contribution in [0.4, 0.5) is 0 Å². The van der Waals surface area contributed by atoms with Crippen molar-refractivity contribution >= 4 is 11.6 Å². The Hall–Kier alpha value is -0.800. The number of ether oxygens (including phenoxy) is 1. The third kappa shape index (κ3) is 2.86. The normalized spacial score (nSPS) is 15.9. The zero-order chi connectivity index (χ0) is 11.4. The fourth-order valence-electron chi connectivity index (χ4n) is 1.58. The van der Waals surface area contributed by atoms with Crippen LogP contribution in [0.5, 0.6) is 5.88 Å². The fraction of sp³-hybridized carbons (Fsp3) is 0.583. The van der Waals surface area contributed by atoms with E-state index >= 15 is 0 Å². The number of hydrogen-bond donors (Lipinski definition) is 1. The molecule has 1 aliphatic rings. The first kappa shape index (κ1) is 11.7. The second kappa shape index (κ2) is 5.51. The fourth-order valence-corrected chi connectivity index (χ4v) is 1.75. The molecule has 0 atom stereocenters. The van der Waals surface area contributed by atoms with E-state index in [0.29, 0.717) is 17.0 Å². The standard InChI is InChI=1S/C12H17ClN2O/c1-2-14-7-9-6-12(15-8-11(9)13)16-10-4-3-5-10/h6,8,10,14H,2-5,7H2,1H3. The Kier molecular flexibility index (Phi) is 4.02. The van der Waals surface area contributed by atoms with Gasteiger partial charge in [0.25, 0.3) is 0 Å². The molecule has 0 aliphatic heterocycles. The summed E-state index contributed by atoms with van der Waals surface area (Å²) in [7, 11) is 0. The van der Waals surface area contributed by atoms with Crippen LogP contribution in [0.25, 0.3) is 0 Å². The minimum atomic E-state index is 0.362. The molecular formula is C12H17ClN2O. The van der Waals surface area contributed by atoms with Crippen molar-refractivity contribution in [3.05, 3.63) is 22.8 Å². The summed E-state index contributed by atoms with van der Waals surface area (Å²) in [5, 5.41) is 3.94. The molecule has 88 valence electrons. The van der Waals surface area contributed by atoms with Gasteiger partial charge < -0.3 is 10.1 Å². The van der Waals surface area contributed by atoms with Crippen molar-refractivity contribution in [3.63, 3.8) is 0 Å². The number of nitrogens with one attached hydrogen (secondary N) is 1. The summed E-state index contributed by atoms with van der Waals surface area (Å²) < 4.78 is 5.73. The molecular weight excluding hydrogens is 224 g/mol. The smallest absolute Gasteiger partial charge is 0.213 e. The third-order valence-electron chi connectivity index (χ3n) is 2.81. The van der Waals surface area contributed by atoms with Crippen LogP contribution in [0.1, 0.15) is 31.7 Å². The first-order valence-corrected chi connectivity index (χ1v) is 6.19. The molecule has 0 unspecified atom stereocenters. The Morgan fingerprint density at radius 1 is 1.56 bits per heavy atom. The van der Waals surface area contributed by atoms with E-state index < -0.39 is 0 Å². The minimum Gasteiger partial charge on any atom is -0.474 e. The summed E-state index contributed by atoms with van der Waals surface area (Å²) in [6, 6.07) is 1.93. The molecule has 1 saturated carbocycles. The maximum Gasteiger partial charge on any atom is 0.213 e. The van der Waals surface area contributed by atoms with E-state index in [1.165, 1.54) is 6.42 Å². The molecule has 1 N–H and O–H groups in total. The Labute approximate surface area is 101 Å². The van der Waals surface area contributed by atoms with Gasteiger partial charge in [-0.1, -0.05) is 18.5 Å². The lowest BCUT2D eigenvalue weighted by molar-refractivity contribution is 0.114. The monoisotopic (exact) mass is 240 g/mol. The van der Waals surface area contributed by atoms with Crippen LogP contribution in [0.15, 0.2) is 12.3 Å². The van der Waals surface area contributed by atoms with Crippen LogP contribution in [0.3, 0.4) is 0 Å². The Morgan fingerprint density at radius 3 is 3.00 bits per heavy atom. The molecule has 0 saturated heterocycles. The van der Waals surface area contributed by atoms with Crippen LogP contribution >= 0.6 is 11.6 Å². The van der Waals surface area contributed by atoms with Gasteiger partial charge in [-0.25, -0.2) is 4.98 Å². The molecule has 1 fully saturated rings. The van der Waals surface area contributed by atoms with Gasteiger partial charge in [0.2, 0.25) is 5.88 Å². The van der Waals surface area contributed by atoms with E-state index in [0.717, 1.165) is 31.5 Å². The number of aromatic nitrogens is 1. The van der Waals surface area contributed by atoms with Gasteiger partial charge in [-0.2, -0.15) is 0 Å². The number of hydrogen-bond acceptors (Lipinski definition) is 3. The van der Waals surface area contributed by atoms with Crippen LogP contribution in [-0.2, 0) is 6.54 Å². The summed E-state index contributed by atoms with van der Waals surface area (Å²) in [6.07, 6.45) is 5.59. The van der Waals surface area contributed by atoms with E-state index in [-0.39, 0.29) is 0 Å². The highest BCUT2D eigenvalue weighted by atomic mass is 35.5. The zero-order valence-corrected chi connectivity index (χ0v) is 10.3. The SMILES string of the molecule is CCNCc1cc(OC2CCC2)ncc1Cl. The zero-order valence-electron chi connectivity index (χ0n) is 9.50. The molecule has 3 nitrogen and oxygen atoms in total. The number of rotatable bonds is 5. The van der Waals surface area contributed by atoms with E-state index in [4.69, 9.17) is 16.3 Å². The lowest BCUT2D eigenvalue weighted by Crippen LogP contribution is -2.25. The lowest BCUT2D eigenvalue weighted by atomic mass is 9.96. The third-order valence-corrected chi connectivity index (χ3v) is 3.15. The molecule has 0 radical (unpaired) electrons. The molecule has 0 amide bonds. The number of nitrogens with zero attached hydrogens (tertiary/aromatic N) is 1. The Bertz CT molecular complexity index is 353. The van der Waals surface area contributed by atoms with Crippen molar-refractivity contribution in [2.45, 2.75) is 38.8 Å². The Balaban J connectivity index is 2.01. The maximum absolute atomic E-state index is 6.06. The Morgan fingerprint density at radius 2 is 2.38 bits per heavy atom.